The van der Waals surface area contributed by atoms with E-state index >= 15 is 0 Å². The summed E-state index contributed by atoms with van der Waals surface area (Å²) < 4.78 is 14.6. The Morgan fingerprint density at radius 3 is 2.69 bits per heavy atom. The average molecular weight is 471 g/mol. The van der Waals surface area contributed by atoms with Crippen LogP contribution in [0.4, 0.5) is 0 Å². The van der Waals surface area contributed by atoms with Gasteiger partial charge in [-0.05, 0) is 43.3 Å². The highest BCUT2D eigenvalue weighted by molar-refractivity contribution is 5.77. The summed E-state index contributed by atoms with van der Waals surface area (Å²) in [6.07, 6.45) is 4.51. The van der Waals surface area contributed by atoms with Gasteiger partial charge in [0.15, 0.2) is 5.65 Å². The minimum Gasteiger partial charge on any atom is -0.497 e. The summed E-state index contributed by atoms with van der Waals surface area (Å²) >= 11 is 0. The zero-order valence-electron chi connectivity index (χ0n) is 19.6. The normalized spacial score (nSPS) is 11.1. The topological polar surface area (TPSA) is 95.0 Å². The Kier molecular flexibility index (Phi) is 6.30. The van der Waals surface area contributed by atoms with Gasteiger partial charge in [-0.25, -0.2) is 4.52 Å². The molecule has 5 rings (SSSR count). The minimum absolute atomic E-state index is 0.0553. The molecule has 0 radical (unpaired) electrons. The van der Waals surface area contributed by atoms with Crippen LogP contribution in [-0.4, -0.2) is 43.8 Å². The molecule has 2 aromatic carbocycles. The Balaban J connectivity index is 1.28. The van der Waals surface area contributed by atoms with Crippen molar-refractivity contribution in [2.24, 2.45) is 0 Å². The number of nitrogens with zero attached hydrogens (tertiary/aromatic N) is 5. The maximum atomic E-state index is 12.5. The van der Waals surface area contributed by atoms with Crippen molar-refractivity contribution in [3.05, 3.63) is 78.4 Å². The Morgan fingerprint density at radius 1 is 1.06 bits per heavy atom. The van der Waals surface area contributed by atoms with E-state index in [1.165, 1.54) is 0 Å². The van der Waals surface area contributed by atoms with Crippen LogP contribution in [0.15, 0.2) is 67.0 Å². The number of hydrogen-bond acceptors (Lipinski definition) is 6. The molecule has 1 amide bonds. The molecule has 0 saturated carbocycles. The van der Waals surface area contributed by atoms with E-state index < -0.39 is 0 Å². The van der Waals surface area contributed by atoms with Crippen LogP contribution in [-0.2, 0) is 17.8 Å². The molecule has 0 bridgehead atoms. The van der Waals surface area contributed by atoms with Crippen molar-refractivity contribution in [2.45, 2.75) is 26.3 Å². The van der Waals surface area contributed by atoms with Crippen LogP contribution < -0.4 is 14.8 Å². The molecule has 178 valence electrons. The Hall–Kier alpha value is -4.40. The van der Waals surface area contributed by atoms with Crippen molar-refractivity contribution in [1.29, 1.82) is 0 Å². The van der Waals surface area contributed by atoms with Gasteiger partial charge in [-0.15, -0.1) is 10.2 Å². The lowest BCUT2D eigenvalue weighted by Crippen LogP contribution is -2.23. The molecule has 0 saturated heterocycles. The third-order valence-corrected chi connectivity index (χ3v) is 5.80. The highest BCUT2D eigenvalue weighted by atomic mass is 16.5. The molecule has 5 aromatic rings. The zero-order valence-corrected chi connectivity index (χ0v) is 19.6. The van der Waals surface area contributed by atoms with Gasteiger partial charge < -0.3 is 14.8 Å². The maximum Gasteiger partial charge on any atom is 0.220 e. The van der Waals surface area contributed by atoms with Gasteiger partial charge in [0.1, 0.15) is 22.8 Å². The van der Waals surface area contributed by atoms with Gasteiger partial charge in [-0.1, -0.05) is 18.2 Å². The number of amides is 1. The highest BCUT2D eigenvalue weighted by Gasteiger charge is 2.14. The molecule has 1 N–H and O–H groups in total. The Bertz CT molecular complexity index is 1470. The van der Waals surface area contributed by atoms with Gasteiger partial charge >= 0.3 is 0 Å². The molecular weight excluding hydrogens is 444 g/mol. The monoisotopic (exact) mass is 470 g/mol. The number of carbonyl (C=O) groups is 1. The molecule has 0 aliphatic heterocycles. The van der Waals surface area contributed by atoms with Crippen LogP contribution in [0.1, 0.15) is 24.7 Å². The summed E-state index contributed by atoms with van der Waals surface area (Å²) in [4.78, 5) is 12.5. The Labute approximate surface area is 202 Å². The van der Waals surface area contributed by atoms with Crippen LogP contribution in [0.3, 0.4) is 0 Å². The third kappa shape index (κ3) is 4.65. The number of benzene rings is 2. The number of para-hydroxylation sites is 1. The molecule has 0 spiro atoms. The summed E-state index contributed by atoms with van der Waals surface area (Å²) in [6.45, 7) is 2.94. The number of rotatable bonds is 9. The number of aryl methyl sites for hydroxylation is 1. The molecule has 35 heavy (non-hydrogen) atoms. The lowest BCUT2D eigenvalue weighted by atomic mass is 10.1. The first kappa shape index (κ1) is 22.4. The lowest BCUT2D eigenvalue weighted by Gasteiger charge is -2.10. The van der Waals surface area contributed by atoms with E-state index in [1.54, 1.807) is 11.6 Å². The molecule has 3 aromatic heterocycles. The smallest absolute Gasteiger partial charge is 0.220 e. The summed E-state index contributed by atoms with van der Waals surface area (Å²) in [6, 6.07) is 17.5. The van der Waals surface area contributed by atoms with Crippen LogP contribution >= 0.6 is 0 Å². The maximum absolute atomic E-state index is 12.5. The molecule has 0 fully saturated rings. The van der Waals surface area contributed by atoms with E-state index in [-0.39, 0.29) is 5.91 Å². The predicted molar refractivity (Wildman–Crippen MR) is 132 cm³/mol. The number of nitrogens with one attached hydrogen (secondary N) is 1. The van der Waals surface area contributed by atoms with E-state index in [9.17, 15) is 4.79 Å². The lowest BCUT2D eigenvalue weighted by molar-refractivity contribution is -0.121. The fourth-order valence-electron chi connectivity index (χ4n) is 3.99. The predicted octanol–water partition coefficient (Wildman–Crippen LogP) is 3.70. The highest BCUT2D eigenvalue weighted by Crippen LogP contribution is 2.24. The van der Waals surface area contributed by atoms with Crippen molar-refractivity contribution in [3.8, 4) is 22.8 Å². The van der Waals surface area contributed by atoms with Gasteiger partial charge in [0.05, 0.1) is 19.4 Å². The van der Waals surface area contributed by atoms with E-state index in [2.05, 4.69) is 20.6 Å². The van der Waals surface area contributed by atoms with E-state index in [0.717, 1.165) is 39.7 Å². The summed E-state index contributed by atoms with van der Waals surface area (Å²) in [5.41, 5.74) is 4.30. The molecule has 0 aliphatic carbocycles. The van der Waals surface area contributed by atoms with E-state index in [4.69, 9.17) is 9.47 Å². The first-order chi connectivity index (χ1) is 17.2. The van der Waals surface area contributed by atoms with Crippen molar-refractivity contribution in [1.82, 2.24) is 29.5 Å². The van der Waals surface area contributed by atoms with Crippen molar-refractivity contribution in [3.63, 3.8) is 0 Å². The SMILES string of the molecule is CCOc1ccccc1CNC(=O)CCc1nnc2c3cc(-c4ccc(OC)cc4)nn3ccn12. The second-order valence-corrected chi connectivity index (χ2v) is 8.01. The first-order valence-corrected chi connectivity index (χ1v) is 11.5. The minimum atomic E-state index is -0.0553. The quantitative estimate of drug-likeness (QED) is 0.353. The third-order valence-electron chi connectivity index (χ3n) is 5.80. The van der Waals surface area contributed by atoms with Gasteiger partial charge in [0.2, 0.25) is 5.91 Å². The fourth-order valence-corrected chi connectivity index (χ4v) is 3.99. The molecule has 9 nitrogen and oxygen atoms in total. The van der Waals surface area contributed by atoms with Crippen LogP contribution in [0.2, 0.25) is 0 Å². The second kappa shape index (κ2) is 9.84. The van der Waals surface area contributed by atoms with Crippen molar-refractivity contribution < 1.29 is 14.3 Å². The zero-order chi connectivity index (χ0) is 24.2. The molecule has 3 heterocycles. The standard InChI is InChI=1S/C26H26N6O3/c1-3-35-23-7-5-4-6-19(23)17-27-25(33)13-12-24-28-29-26-22-16-21(30-32(22)15-14-31(24)26)18-8-10-20(34-2)11-9-18/h4-11,14-16H,3,12-13,17H2,1-2H3,(H,27,33). The van der Waals surface area contributed by atoms with Gasteiger partial charge in [0, 0.05) is 42.9 Å². The van der Waals surface area contributed by atoms with Crippen LogP contribution in [0.25, 0.3) is 22.4 Å². The van der Waals surface area contributed by atoms with Crippen LogP contribution in [0.5, 0.6) is 11.5 Å². The number of ether oxygens (including phenoxy) is 2. The van der Waals surface area contributed by atoms with Crippen molar-refractivity contribution >= 4 is 17.1 Å². The summed E-state index contributed by atoms with van der Waals surface area (Å²) in [5, 5.41) is 16.3. The van der Waals surface area contributed by atoms with Crippen LogP contribution in [0, 0.1) is 0 Å². The molecule has 0 aliphatic rings. The first-order valence-electron chi connectivity index (χ1n) is 11.5. The Morgan fingerprint density at radius 2 is 1.89 bits per heavy atom. The average Bonchev–Trinajstić information content (AvgIpc) is 3.51. The fraction of sp³-hybridized carbons (Fsp3) is 0.231. The number of carbonyl (C=O) groups excluding carboxylic acids is 1. The summed E-state index contributed by atoms with van der Waals surface area (Å²) in [7, 11) is 1.64. The van der Waals surface area contributed by atoms with E-state index in [0.29, 0.717) is 31.6 Å². The number of methoxy groups -OCH3 is 1. The second-order valence-electron chi connectivity index (χ2n) is 8.01. The van der Waals surface area contributed by atoms with Gasteiger partial charge in [0.25, 0.3) is 0 Å². The van der Waals surface area contributed by atoms with Gasteiger partial charge in [-0.3, -0.25) is 9.20 Å². The largest absolute Gasteiger partial charge is 0.497 e. The molecular formula is C26H26N6O3. The molecule has 9 heteroatoms. The molecule has 0 unspecified atom stereocenters. The number of fused-ring (bicyclic) bond motifs is 3. The summed E-state index contributed by atoms with van der Waals surface area (Å²) in [5.74, 6) is 2.25. The van der Waals surface area contributed by atoms with Crippen molar-refractivity contribution in [2.75, 3.05) is 13.7 Å². The number of hydrogen-bond donors (Lipinski definition) is 1. The van der Waals surface area contributed by atoms with Gasteiger partial charge in [-0.2, -0.15) is 5.10 Å². The number of aromatic nitrogens is 5. The molecule has 0 atom stereocenters. The van der Waals surface area contributed by atoms with E-state index in [1.807, 2.05) is 78.3 Å².